The van der Waals surface area contributed by atoms with Crippen LogP contribution in [0.5, 0.6) is 0 Å². The molecule has 70 valence electrons. The maximum atomic E-state index is 3.53. The summed E-state index contributed by atoms with van der Waals surface area (Å²) in [5, 5.41) is 0. The molecule has 0 aromatic heterocycles. The van der Waals surface area contributed by atoms with E-state index in [4.69, 9.17) is 0 Å². The third kappa shape index (κ3) is 3680. The van der Waals surface area contributed by atoms with Crippen LogP contribution < -0.4 is 0 Å². The van der Waals surface area contributed by atoms with E-state index in [1.54, 1.807) is 6.26 Å². The number of rotatable bonds is 0. The lowest BCUT2D eigenvalue weighted by atomic mass is 11.0. The van der Waals surface area contributed by atoms with Crippen molar-refractivity contribution in [3.63, 3.8) is 0 Å². The van der Waals surface area contributed by atoms with E-state index in [0.717, 1.165) is 0 Å². The quantitative estimate of drug-likeness (QED) is 0.500. The predicted octanol–water partition coefficient (Wildman–Crippen LogP) is 4.65. The van der Waals surface area contributed by atoms with Crippen LogP contribution in [0.3, 0.4) is 0 Å². The van der Waals surface area contributed by atoms with Crippen LogP contribution in [-0.4, -0.2) is 6.26 Å². The molecule has 10 heavy (non-hydrogen) atoms. The normalized spacial score (nSPS) is 3.00. The van der Waals surface area contributed by atoms with Crippen molar-refractivity contribution >= 4 is 12.6 Å². The number of hydrogen-bond donors (Lipinski definition) is 1. The molecule has 0 saturated carbocycles. The third-order valence-corrected chi connectivity index (χ3v) is 0. The van der Waals surface area contributed by atoms with Crippen LogP contribution in [-0.2, 0) is 0 Å². The fourth-order valence-corrected chi connectivity index (χ4v) is 0. The smallest absolute Gasteiger partial charge is 0.0215 e. The number of thiol groups is 1. The summed E-state index contributed by atoms with van der Waals surface area (Å²) in [5.74, 6) is 0. The zero-order valence-corrected chi connectivity index (χ0v) is 10.3. The Balaban J connectivity index is -0.0000000104. The monoisotopic (exact) mass is 168 g/mol. The molecular weight excluding hydrogens is 140 g/mol. The Labute approximate surface area is 74.8 Å². The summed E-state index contributed by atoms with van der Waals surface area (Å²) in [6.45, 7) is 16.0. The summed E-state index contributed by atoms with van der Waals surface area (Å²) < 4.78 is 0. The van der Waals surface area contributed by atoms with Crippen molar-refractivity contribution in [1.82, 2.24) is 0 Å². The second-order valence-electron chi connectivity index (χ2n) is 0. The minimum absolute atomic E-state index is 1.69. The van der Waals surface area contributed by atoms with Crippen molar-refractivity contribution in [2.24, 2.45) is 0 Å². The zero-order valence-electron chi connectivity index (χ0n) is 9.45. The summed E-state index contributed by atoms with van der Waals surface area (Å²) in [6.07, 6.45) is 1.69. The molecule has 0 rings (SSSR count). The van der Waals surface area contributed by atoms with E-state index in [-0.39, 0.29) is 0 Å². The van der Waals surface area contributed by atoms with E-state index in [9.17, 15) is 0 Å². The molecule has 0 atom stereocenters. The lowest BCUT2D eigenvalue weighted by Crippen LogP contribution is -0.865. The Bertz CT molecular complexity index is 4.69. The molecule has 0 nitrogen and oxygen atoms in total. The van der Waals surface area contributed by atoms with Crippen LogP contribution >= 0.6 is 12.6 Å². The van der Waals surface area contributed by atoms with E-state index in [1.807, 2.05) is 55.4 Å². The molecule has 0 aliphatic heterocycles. The molecule has 0 aromatic carbocycles. The van der Waals surface area contributed by atoms with Gasteiger partial charge in [0, 0.05) is 0 Å². The maximum absolute atomic E-state index is 3.53. The lowest BCUT2D eigenvalue weighted by Gasteiger charge is -1.11. The largest absolute Gasteiger partial charge is 0.183 e. The first-order chi connectivity index (χ1) is 5.00. The Kier molecular flexibility index (Phi) is 16800. The predicted molar refractivity (Wildman–Crippen MR) is 60.3 cm³/mol. The van der Waals surface area contributed by atoms with Crippen LogP contribution in [0, 0.1) is 0 Å². The van der Waals surface area contributed by atoms with Gasteiger partial charge in [-0.2, -0.15) is 12.6 Å². The van der Waals surface area contributed by atoms with Crippen molar-refractivity contribution in [2.75, 3.05) is 6.26 Å². The molecule has 0 N–H and O–H groups in total. The summed E-state index contributed by atoms with van der Waals surface area (Å²) in [7, 11) is 0. The molecule has 0 unspecified atom stereocenters. The summed E-state index contributed by atoms with van der Waals surface area (Å²) in [5.41, 5.74) is 0. The van der Waals surface area contributed by atoms with Crippen LogP contribution in [0.25, 0.3) is 0 Å². The van der Waals surface area contributed by atoms with Gasteiger partial charge in [0.2, 0.25) is 0 Å². The topological polar surface area (TPSA) is 0 Å². The van der Waals surface area contributed by atoms with Gasteiger partial charge in [-0.25, -0.2) is 0 Å². The second kappa shape index (κ2) is 5320. The van der Waals surface area contributed by atoms with E-state index in [1.165, 1.54) is 0 Å². The molecule has 0 radical (unpaired) electrons. The molecule has 0 aliphatic carbocycles. The highest BCUT2D eigenvalue weighted by atomic mass is 32.1. The first-order valence-corrected chi connectivity index (χ1v) is 5.34. The van der Waals surface area contributed by atoms with Gasteiger partial charge in [0.15, 0.2) is 0 Å². The van der Waals surface area contributed by atoms with E-state index in [0.29, 0.717) is 0 Å². The Morgan fingerprint density at radius 3 is 0.400 bits per heavy atom. The third-order valence-electron chi connectivity index (χ3n) is 0. The minimum atomic E-state index is 1.69. The van der Waals surface area contributed by atoms with Crippen molar-refractivity contribution < 1.29 is 0 Å². The summed E-state index contributed by atoms with van der Waals surface area (Å²) in [6, 6.07) is 0. The SMILES string of the molecule is CC.CC.CC.CC.CS. The fourth-order valence-electron chi connectivity index (χ4n) is 0. The lowest BCUT2D eigenvalue weighted by molar-refractivity contribution is 1.50. The van der Waals surface area contributed by atoms with Gasteiger partial charge in [0.25, 0.3) is 0 Å². The van der Waals surface area contributed by atoms with Gasteiger partial charge >= 0.3 is 0 Å². The van der Waals surface area contributed by atoms with Crippen molar-refractivity contribution in [3.05, 3.63) is 0 Å². The standard InChI is InChI=1S/4C2H6.CH4S/c5*1-2/h4*1-2H3;2H,1H3. The second-order valence-corrected chi connectivity index (χ2v) is 0. The zero-order chi connectivity index (χ0) is 10.0. The van der Waals surface area contributed by atoms with Gasteiger partial charge in [-0.15, -0.1) is 0 Å². The fraction of sp³-hybridized carbons (Fsp3) is 1.00. The highest BCUT2D eigenvalue weighted by Gasteiger charge is 0.938. The van der Waals surface area contributed by atoms with Crippen LogP contribution in [0.1, 0.15) is 55.4 Å². The molecule has 0 amide bonds. The minimum Gasteiger partial charge on any atom is -0.183 e. The van der Waals surface area contributed by atoms with Crippen LogP contribution in [0.15, 0.2) is 0 Å². The summed E-state index contributed by atoms with van der Waals surface area (Å²) in [4.78, 5) is 0. The average molecular weight is 168 g/mol. The molecule has 0 fully saturated rings. The number of hydrogen-bond acceptors (Lipinski definition) is 1. The van der Waals surface area contributed by atoms with Crippen molar-refractivity contribution in [2.45, 2.75) is 55.4 Å². The molecule has 1 heteroatoms. The highest BCUT2D eigenvalue weighted by Crippen LogP contribution is 1.31. The molecule has 0 bridgehead atoms. The van der Waals surface area contributed by atoms with Gasteiger partial charge in [-0.05, 0) is 6.26 Å². The Hall–Kier alpha value is 0.350. The molecule has 0 heterocycles. The van der Waals surface area contributed by atoms with Gasteiger partial charge < -0.3 is 0 Å². The van der Waals surface area contributed by atoms with Gasteiger partial charge in [-0.3, -0.25) is 0 Å². The molecular formula is C9H28S. The van der Waals surface area contributed by atoms with Crippen LogP contribution in [0.2, 0.25) is 0 Å². The van der Waals surface area contributed by atoms with Crippen molar-refractivity contribution in [1.29, 1.82) is 0 Å². The first-order valence-electron chi connectivity index (χ1n) is 4.45. The first kappa shape index (κ1) is 31.6. The van der Waals surface area contributed by atoms with E-state index in [2.05, 4.69) is 12.6 Å². The van der Waals surface area contributed by atoms with E-state index >= 15 is 0 Å². The Morgan fingerprint density at radius 2 is 0.400 bits per heavy atom. The van der Waals surface area contributed by atoms with Crippen molar-refractivity contribution in [3.8, 4) is 0 Å². The highest BCUT2D eigenvalue weighted by molar-refractivity contribution is 7.79. The maximum Gasteiger partial charge on any atom is -0.0215 e. The van der Waals surface area contributed by atoms with Crippen LogP contribution in [0.4, 0.5) is 0 Å². The van der Waals surface area contributed by atoms with Gasteiger partial charge in [-0.1, -0.05) is 55.4 Å². The van der Waals surface area contributed by atoms with Gasteiger partial charge in [0.1, 0.15) is 0 Å². The average Bonchev–Trinajstić information content (AvgIpc) is 2.20. The molecule has 0 aromatic rings. The summed E-state index contributed by atoms with van der Waals surface area (Å²) >= 11 is 3.53. The van der Waals surface area contributed by atoms with Gasteiger partial charge in [0.05, 0.1) is 0 Å². The Morgan fingerprint density at radius 1 is 0.400 bits per heavy atom. The molecule has 0 saturated heterocycles. The van der Waals surface area contributed by atoms with E-state index < -0.39 is 0 Å². The molecule has 0 spiro atoms. The molecule has 0 aliphatic rings.